The van der Waals surface area contributed by atoms with Gasteiger partial charge < -0.3 is 22.1 Å². The Bertz CT molecular complexity index is 6510. The zero-order valence-electron chi connectivity index (χ0n) is 67.2. The van der Waals surface area contributed by atoms with E-state index in [0.717, 1.165) is 149 Å². The first-order valence-corrected chi connectivity index (χ1v) is 39.7. The maximum Gasteiger partial charge on any atom is 0.227 e. The van der Waals surface area contributed by atoms with Crippen LogP contribution in [0.4, 0.5) is 0 Å². The Morgan fingerprint density at radius 2 is 0.632 bits per heavy atom. The van der Waals surface area contributed by atoms with Crippen LogP contribution in [0.15, 0.2) is 302 Å². The molecule has 0 aliphatic rings. The van der Waals surface area contributed by atoms with Crippen molar-refractivity contribution in [2.24, 2.45) is 0 Å². The molecule has 0 saturated heterocycles. The third kappa shape index (κ3) is 14.7. The Morgan fingerprint density at radius 3 is 1.15 bits per heavy atom. The maximum atomic E-state index is 6.33. The summed E-state index contributed by atoms with van der Waals surface area (Å²) in [5.41, 5.74) is 32.4. The molecule has 10 nitrogen and oxygen atoms in total. The molecule has 10 heteroatoms. The largest absolute Gasteiger partial charge is 0.455 e. The monoisotopic (exact) mass is 1490 g/mol. The molecule has 20 aromatic rings. The molecule has 10 aromatic heterocycles. The molecule has 0 fully saturated rings. The standard InChI is InChI=1S/4C21H19NO.C20H17NO/c1-13(2)16-11-19-18-9-5-8-17(15-7-4-6-14(3)10-15)20(18)23-21(19)22-12-16;1-13(2)18-11-22-12-19-17-9-5-8-16(20(17)23-21(18)19)15-7-4-6-14(3)10-15;1-13(2)16-10-11-22-19-18-9-5-8-17(20(18)23-21(16)19)15-7-4-6-14(3)12-15;1-13(2)19-21-18(10-11-22-19)17-9-5-8-16(20(17)23-21)15-7-4-6-14(3)12-15;1-13(2)15-9-6-10-16-18-12-21-11-17(20(18)22-19(15)16)14-7-4-3-5-8-14/h4*4-13H,1-3H3;3-13H,1-2H3. The summed E-state index contributed by atoms with van der Waals surface area (Å²) >= 11 is 0. The fraction of sp³-hybridized carbons (Fsp3) is 0.183. The van der Waals surface area contributed by atoms with Gasteiger partial charge in [0.2, 0.25) is 5.71 Å². The molecule has 0 radical (unpaired) electrons. The molecule has 114 heavy (non-hydrogen) atoms. The number of rotatable bonds is 10. The number of pyridine rings is 5. The van der Waals surface area contributed by atoms with Crippen molar-refractivity contribution < 1.29 is 22.1 Å². The van der Waals surface area contributed by atoms with Crippen LogP contribution >= 0.6 is 0 Å². The highest BCUT2D eigenvalue weighted by Crippen LogP contribution is 2.44. The highest BCUT2D eigenvalue weighted by Gasteiger charge is 2.23. The third-order valence-corrected chi connectivity index (χ3v) is 21.6. The number of hydrogen-bond acceptors (Lipinski definition) is 10. The van der Waals surface area contributed by atoms with Crippen LogP contribution in [0.3, 0.4) is 0 Å². The Hall–Kier alpha value is -13.1. The molecule has 0 N–H and O–H groups in total. The number of para-hydroxylation sites is 5. The van der Waals surface area contributed by atoms with Crippen molar-refractivity contribution >= 4 is 110 Å². The molecule has 0 aliphatic carbocycles. The fourth-order valence-corrected chi connectivity index (χ4v) is 15.6. The van der Waals surface area contributed by atoms with Crippen molar-refractivity contribution in [3.8, 4) is 55.6 Å². The average molecular weight is 1490 g/mol. The molecule has 0 spiro atoms. The van der Waals surface area contributed by atoms with Gasteiger partial charge in [0, 0.05) is 131 Å². The van der Waals surface area contributed by atoms with Gasteiger partial charge in [-0.2, -0.15) is 0 Å². The van der Waals surface area contributed by atoms with E-state index in [9.17, 15) is 0 Å². The van der Waals surface area contributed by atoms with Crippen molar-refractivity contribution in [2.45, 2.75) is 127 Å². The van der Waals surface area contributed by atoms with Gasteiger partial charge in [-0.25, -0.2) is 4.98 Å². The molecule has 0 aliphatic heterocycles. The summed E-state index contributed by atoms with van der Waals surface area (Å²) < 4.78 is 31.3. The third-order valence-electron chi connectivity index (χ3n) is 21.6. The first-order chi connectivity index (χ1) is 55.3. The van der Waals surface area contributed by atoms with E-state index >= 15 is 0 Å². The lowest BCUT2D eigenvalue weighted by Gasteiger charge is -2.04. The molecule has 0 amide bonds. The first-order valence-electron chi connectivity index (χ1n) is 39.7. The van der Waals surface area contributed by atoms with Crippen molar-refractivity contribution in [2.75, 3.05) is 0 Å². The quantitative estimate of drug-likeness (QED) is 0.130. The Kier molecular flexibility index (Phi) is 21.0. The van der Waals surface area contributed by atoms with Gasteiger partial charge in [-0.05, 0) is 120 Å². The minimum atomic E-state index is 0.335. The zero-order chi connectivity index (χ0) is 79.0. The Morgan fingerprint density at radius 1 is 0.237 bits per heavy atom. The second kappa shape index (κ2) is 32.0. The van der Waals surface area contributed by atoms with Gasteiger partial charge in [0.25, 0.3) is 0 Å². The van der Waals surface area contributed by atoms with E-state index in [4.69, 9.17) is 22.1 Å². The summed E-state index contributed by atoms with van der Waals surface area (Å²) in [6.07, 6.45) is 13.3. The van der Waals surface area contributed by atoms with E-state index in [1.807, 2.05) is 67.6 Å². The van der Waals surface area contributed by atoms with Gasteiger partial charge >= 0.3 is 0 Å². The average Bonchev–Trinajstić information content (AvgIpc) is 1.63. The number of benzene rings is 10. The summed E-state index contributed by atoms with van der Waals surface area (Å²) in [5.74, 6) is 2.01. The molecule has 564 valence electrons. The lowest BCUT2D eigenvalue weighted by atomic mass is 10.00. The van der Waals surface area contributed by atoms with Crippen LogP contribution in [-0.4, -0.2) is 24.9 Å². The van der Waals surface area contributed by atoms with Crippen molar-refractivity contribution in [3.63, 3.8) is 0 Å². The molecule has 10 aromatic carbocycles. The van der Waals surface area contributed by atoms with Crippen LogP contribution in [0, 0.1) is 27.7 Å². The number of aryl methyl sites for hydroxylation is 4. The lowest BCUT2D eigenvalue weighted by molar-refractivity contribution is 0.651. The van der Waals surface area contributed by atoms with Gasteiger partial charge in [0.05, 0.1) is 5.69 Å². The first kappa shape index (κ1) is 75.0. The minimum absolute atomic E-state index is 0.335. The van der Waals surface area contributed by atoms with E-state index < -0.39 is 0 Å². The summed E-state index contributed by atoms with van der Waals surface area (Å²) in [5, 5.41) is 10.1. The smallest absolute Gasteiger partial charge is 0.227 e. The second-order valence-corrected chi connectivity index (χ2v) is 31.5. The van der Waals surface area contributed by atoms with Crippen LogP contribution in [0.25, 0.3) is 166 Å². The van der Waals surface area contributed by atoms with Crippen LogP contribution in [-0.2, 0) is 0 Å². The Balaban J connectivity index is 0.000000107. The fourth-order valence-electron chi connectivity index (χ4n) is 15.6. The molecule has 10 heterocycles. The SMILES string of the molecule is CC(C)c1cccc2c1oc1c(-c3ccccc3)cncc12.Cc1cccc(-c2cccc3c2oc2c(C(C)C)ccnc23)c1.Cc1cccc(-c2cccc3c2oc2c(C(C)C)cncc23)c1.Cc1cccc(-c2cccc3c2oc2c(C(C)C)nccc23)c1.Cc1cccc(-c2cccc3c2oc2ncc(C(C)C)cc23)c1. The molecular weight excluding hydrogens is 1400 g/mol. The molecule has 0 unspecified atom stereocenters. The highest BCUT2D eigenvalue weighted by molar-refractivity contribution is 6.14. The number of furan rings is 5. The molecular formula is C104H93N5O5. The van der Waals surface area contributed by atoms with Crippen molar-refractivity contribution in [1.29, 1.82) is 0 Å². The normalized spacial score (nSPS) is 11.6. The Labute approximate surface area is 665 Å². The van der Waals surface area contributed by atoms with Crippen LogP contribution in [0.5, 0.6) is 0 Å². The number of aromatic nitrogens is 5. The summed E-state index contributed by atoms with van der Waals surface area (Å²) in [6, 6.07) is 82.4. The topological polar surface area (TPSA) is 130 Å². The van der Waals surface area contributed by atoms with Crippen LogP contribution in [0.1, 0.15) is 149 Å². The predicted molar refractivity (Wildman–Crippen MR) is 474 cm³/mol. The van der Waals surface area contributed by atoms with E-state index in [-0.39, 0.29) is 0 Å². The lowest BCUT2D eigenvalue weighted by Crippen LogP contribution is -1.91. The van der Waals surface area contributed by atoms with Crippen LogP contribution < -0.4 is 0 Å². The molecule has 0 atom stereocenters. The van der Waals surface area contributed by atoms with Gasteiger partial charge in [0.15, 0.2) is 11.2 Å². The molecule has 0 saturated carbocycles. The number of fused-ring (bicyclic) bond motifs is 15. The van der Waals surface area contributed by atoms with Gasteiger partial charge in [0.1, 0.15) is 44.6 Å². The molecule has 0 bridgehead atoms. The molecule has 20 rings (SSSR count). The van der Waals surface area contributed by atoms with E-state index in [1.165, 1.54) is 61.2 Å². The van der Waals surface area contributed by atoms with E-state index in [1.54, 1.807) is 0 Å². The van der Waals surface area contributed by atoms with Gasteiger partial charge in [-0.15, -0.1) is 0 Å². The summed E-state index contributed by atoms with van der Waals surface area (Å²) in [7, 11) is 0. The van der Waals surface area contributed by atoms with Crippen molar-refractivity contribution in [1.82, 2.24) is 24.9 Å². The van der Waals surface area contributed by atoms with E-state index in [2.05, 4.69) is 334 Å². The minimum Gasteiger partial charge on any atom is -0.455 e. The van der Waals surface area contributed by atoms with Gasteiger partial charge in [-0.3, -0.25) is 19.9 Å². The number of hydrogen-bond donors (Lipinski definition) is 0. The van der Waals surface area contributed by atoms with Crippen LogP contribution in [0.2, 0.25) is 0 Å². The second-order valence-electron chi connectivity index (χ2n) is 31.5. The summed E-state index contributed by atoms with van der Waals surface area (Å²) in [4.78, 5) is 22.5. The summed E-state index contributed by atoms with van der Waals surface area (Å²) in [6.45, 7) is 30.2. The predicted octanol–water partition coefficient (Wildman–Crippen LogP) is 30.1. The van der Waals surface area contributed by atoms with Gasteiger partial charge in [-0.1, -0.05) is 304 Å². The zero-order valence-corrected chi connectivity index (χ0v) is 67.2. The van der Waals surface area contributed by atoms with Crippen molar-refractivity contribution in [3.05, 3.63) is 330 Å². The highest BCUT2D eigenvalue weighted by atomic mass is 16.3. The van der Waals surface area contributed by atoms with E-state index in [0.29, 0.717) is 35.3 Å². The maximum absolute atomic E-state index is 6.33. The number of nitrogens with zero attached hydrogens (tertiary/aromatic N) is 5.